The third-order valence-electron chi connectivity index (χ3n) is 6.20. The van der Waals surface area contributed by atoms with Gasteiger partial charge < -0.3 is 9.47 Å². The van der Waals surface area contributed by atoms with Crippen LogP contribution in [-0.2, 0) is 16.1 Å². The summed E-state index contributed by atoms with van der Waals surface area (Å²) in [5.74, 6) is 2.91. The predicted molar refractivity (Wildman–Crippen MR) is 137 cm³/mol. The Bertz CT molecular complexity index is 821. The summed E-state index contributed by atoms with van der Waals surface area (Å²) >= 11 is 0. The van der Waals surface area contributed by atoms with Gasteiger partial charge in [0.25, 0.3) is 0 Å². The summed E-state index contributed by atoms with van der Waals surface area (Å²) in [6.07, 6.45) is 15.8. The second kappa shape index (κ2) is 14.1. The van der Waals surface area contributed by atoms with Gasteiger partial charge >= 0.3 is 0 Å². The van der Waals surface area contributed by atoms with Crippen LogP contribution in [0.5, 0.6) is 0 Å². The van der Waals surface area contributed by atoms with E-state index in [0.717, 1.165) is 5.56 Å². The van der Waals surface area contributed by atoms with Crippen LogP contribution in [0.2, 0.25) is 0 Å². The molecule has 1 unspecified atom stereocenters. The number of halogens is 1. The molecule has 3 heteroatoms. The van der Waals surface area contributed by atoms with Crippen molar-refractivity contribution in [3.05, 3.63) is 83.1 Å². The second-order valence-electron chi connectivity index (χ2n) is 9.61. The van der Waals surface area contributed by atoms with Crippen molar-refractivity contribution in [2.45, 2.75) is 79.8 Å². The summed E-state index contributed by atoms with van der Waals surface area (Å²) in [6.45, 7) is 12.8. The van der Waals surface area contributed by atoms with E-state index in [1.54, 1.807) is 13.8 Å². The van der Waals surface area contributed by atoms with Crippen molar-refractivity contribution < 1.29 is 13.9 Å². The van der Waals surface area contributed by atoms with E-state index in [1.807, 2.05) is 6.92 Å². The minimum atomic E-state index is -0.392. The zero-order chi connectivity index (χ0) is 24.2. The first kappa shape index (κ1) is 27.0. The molecule has 33 heavy (non-hydrogen) atoms. The van der Waals surface area contributed by atoms with Crippen LogP contribution in [0.4, 0.5) is 4.39 Å². The normalized spacial score (nSPS) is 21.5. The molecule has 1 saturated carbocycles. The van der Waals surface area contributed by atoms with Crippen molar-refractivity contribution in [1.82, 2.24) is 0 Å². The van der Waals surface area contributed by atoms with Gasteiger partial charge in [-0.05, 0) is 81.3 Å². The molecule has 1 fully saturated rings. The number of allylic oxidation sites excluding steroid dienone is 8. The van der Waals surface area contributed by atoms with E-state index >= 15 is 0 Å². The summed E-state index contributed by atoms with van der Waals surface area (Å²) in [5, 5.41) is 0. The van der Waals surface area contributed by atoms with E-state index in [4.69, 9.17) is 9.47 Å². The Hall–Kier alpha value is -2.29. The van der Waals surface area contributed by atoms with Crippen LogP contribution >= 0.6 is 0 Å². The fraction of sp³-hybridized carbons (Fsp3) is 0.533. The van der Waals surface area contributed by atoms with Crippen molar-refractivity contribution in [3.63, 3.8) is 0 Å². The van der Waals surface area contributed by atoms with Crippen LogP contribution in [0.3, 0.4) is 0 Å². The Morgan fingerprint density at radius 3 is 2.24 bits per heavy atom. The fourth-order valence-electron chi connectivity index (χ4n) is 4.13. The lowest BCUT2D eigenvalue weighted by Crippen LogP contribution is -2.12. The highest BCUT2D eigenvalue weighted by atomic mass is 19.1. The van der Waals surface area contributed by atoms with Gasteiger partial charge in [-0.15, -0.1) is 0 Å². The lowest BCUT2D eigenvalue weighted by atomic mass is 9.78. The monoisotopic (exact) mass is 454 g/mol. The van der Waals surface area contributed by atoms with Gasteiger partial charge in [-0.25, -0.2) is 4.39 Å². The van der Waals surface area contributed by atoms with Gasteiger partial charge in [0.2, 0.25) is 0 Å². The molecule has 0 bridgehead atoms. The molecule has 1 aliphatic rings. The van der Waals surface area contributed by atoms with Gasteiger partial charge in [-0.3, -0.25) is 0 Å². The molecule has 2 rings (SSSR count). The Balaban J connectivity index is 1.81. The lowest BCUT2D eigenvalue weighted by molar-refractivity contribution is 0.197. The highest BCUT2D eigenvalue weighted by Gasteiger charge is 2.20. The Morgan fingerprint density at radius 1 is 0.970 bits per heavy atom. The maximum Gasteiger partial charge on any atom is 0.163 e. The largest absolute Gasteiger partial charge is 0.495 e. The number of ether oxygens (including phenoxy) is 2. The first-order valence-corrected chi connectivity index (χ1v) is 12.5. The van der Waals surface area contributed by atoms with Crippen molar-refractivity contribution in [2.24, 2.45) is 17.8 Å². The Morgan fingerprint density at radius 2 is 1.64 bits per heavy atom. The molecule has 0 N–H and O–H groups in total. The SMILES string of the molecule is CCO/C(C)=C(F)/C=C(\C)OCc1ccc(C2CCC(/C=C/C(C)/C=C\C(C)C)CC2)cc1. The summed E-state index contributed by atoms with van der Waals surface area (Å²) in [4.78, 5) is 0. The Labute approximate surface area is 201 Å². The molecule has 1 aromatic carbocycles. The lowest BCUT2D eigenvalue weighted by Gasteiger charge is -2.27. The third kappa shape index (κ3) is 10.0. The van der Waals surface area contributed by atoms with Crippen molar-refractivity contribution in [3.8, 4) is 0 Å². The van der Waals surface area contributed by atoms with E-state index in [0.29, 0.717) is 42.6 Å². The average Bonchev–Trinajstić information content (AvgIpc) is 2.81. The molecule has 0 spiro atoms. The van der Waals surface area contributed by atoms with Gasteiger partial charge in [0, 0.05) is 6.08 Å². The molecule has 0 saturated heterocycles. The molecule has 1 aliphatic carbocycles. The van der Waals surface area contributed by atoms with E-state index in [9.17, 15) is 4.39 Å². The first-order chi connectivity index (χ1) is 15.8. The molecule has 0 amide bonds. The standard InChI is InChI=1S/C30H43FO2/c1-7-32-25(6)30(31)20-24(5)33-21-27-14-18-29(19-15-27)28-16-12-26(13-17-28)11-10-23(4)9-8-22(2)3/h8-11,14-15,18-20,22-23,26,28H,7,12-13,16-17,21H2,1-6H3/b9-8-,11-10+,24-20+,30-25-. The highest BCUT2D eigenvalue weighted by Crippen LogP contribution is 2.36. The minimum Gasteiger partial charge on any atom is -0.495 e. The molecule has 1 aromatic rings. The number of rotatable bonds is 11. The van der Waals surface area contributed by atoms with Crippen molar-refractivity contribution in [2.75, 3.05) is 6.61 Å². The van der Waals surface area contributed by atoms with Gasteiger partial charge in [0.1, 0.15) is 12.4 Å². The molecule has 182 valence electrons. The molecular formula is C30H43FO2. The van der Waals surface area contributed by atoms with Crippen molar-refractivity contribution >= 4 is 0 Å². The highest BCUT2D eigenvalue weighted by molar-refractivity contribution is 5.26. The summed E-state index contributed by atoms with van der Waals surface area (Å²) in [6, 6.07) is 8.73. The summed E-state index contributed by atoms with van der Waals surface area (Å²) in [5.41, 5.74) is 2.51. The number of hydrogen-bond donors (Lipinski definition) is 0. The number of hydrogen-bond acceptors (Lipinski definition) is 2. The molecule has 1 atom stereocenters. The molecule has 0 radical (unpaired) electrons. The van der Waals surface area contributed by atoms with Gasteiger partial charge in [-0.2, -0.15) is 0 Å². The second-order valence-corrected chi connectivity index (χ2v) is 9.61. The van der Waals surface area contributed by atoms with Gasteiger partial charge in [-0.1, -0.05) is 69.3 Å². The molecule has 0 heterocycles. The zero-order valence-electron chi connectivity index (χ0n) is 21.4. The maximum absolute atomic E-state index is 14.0. The smallest absolute Gasteiger partial charge is 0.163 e. The average molecular weight is 455 g/mol. The van der Waals surface area contributed by atoms with E-state index in [1.165, 1.54) is 37.3 Å². The van der Waals surface area contributed by atoms with E-state index in [-0.39, 0.29) is 5.76 Å². The maximum atomic E-state index is 14.0. The fourth-order valence-corrected chi connectivity index (χ4v) is 4.13. The summed E-state index contributed by atoms with van der Waals surface area (Å²) < 4.78 is 24.9. The van der Waals surface area contributed by atoms with Crippen LogP contribution in [0.15, 0.2) is 72.0 Å². The van der Waals surface area contributed by atoms with Crippen LogP contribution in [-0.4, -0.2) is 6.61 Å². The van der Waals surface area contributed by atoms with Crippen LogP contribution in [0.25, 0.3) is 0 Å². The van der Waals surface area contributed by atoms with Crippen LogP contribution in [0, 0.1) is 17.8 Å². The predicted octanol–water partition coefficient (Wildman–Crippen LogP) is 9.02. The molecule has 2 nitrogen and oxygen atoms in total. The third-order valence-corrected chi connectivity index (χ3v) is 6.20. The zero-order valence-corrected chi connectivity index (χ0v) is 21.4. The van der Waals surface area contributed by atoms with Gasteiger partial charge in [0.05, 0.1) is 12.4 Å². The minimum absolute atomic E-state index is 0.285. The molecule has 0 aromatic heterocycles. The summed E-state index contributed by atoms with van der Waals surface area (Å²) in [7, 11) is 0. The molecular weight excluding hydrogens is 411 g/mol. The number of benzene rings is 1. The van der Waals surface area contributed by atoms with Crippen molar-refractivity contribution in [1.29, 1.82) is 0 Å². The van der Waals surface area contributed by atoms with Gasteiger partial charge in [0.15, 0.2) is 5.83 Å². The van der Waals surface area contributed by atoms with Crippen LogP contribution < -0.4 is 0 Å². The molecule has 0 aliphatic heterocycles. The first-order valence-electron chi connectivity index (χ1n) is 12.5. The van der Waals surface area contributed by atoms with E-state index in [2.05, 4.69) is 69.3 Å². The van der Waals surface area contributed by atoms with E-state index < -0.39 is 5.83 Å². The quantitative estimate of drug-likeness (QED) is 0.189. The van der Waals surface area contributed by atoms with Crippen LogP contribution in [0.1, 0.15) is 84.3 Å². The Kier molecular flexibility index (Phi) is 11.5. The topological polar surface area (TPSA) is 18.5 Å².